The van der Waals surface area contributed by atoms with Gasteiger partial charge in [0.2, 0.25) is 0 Å². The fourth-order valence-corrected chi connectivity index (χ4v) is 2.30. The largest absolute Gasteiger partial charge is 0.484 e. The van der Waals surface area contributed by atoms with Crippen LogP contribution in [0.25, 0.3) is 0 Å². The monoisotopic (exact) mass is 396 g/mol. The highest BCUT2D eigenvalue weighted by Crippen LogP contribution is 2.32. The quantitative estimate of drug-likeness (QED) is 0.701. The van der Waals surface area contributed by atoms with Crippen molar-refractivity contribution in [1.29, 1.82) is 0 Å². The third-order valence-electron chi connectivity index (χ3n) is 3.66. The summed E-state index contributed by atoms with van der Waals surface area (Å²) < 4.78 is 43.4. The molecule has 2 aromatic rings. The molecule has 2 aromatic carbocycles. The number of benzene rings is 2. The average molecular weight is 396 g/mol. The van der Waals surface area contributed by atoms with Crippen LogP contribution in [0.15, 0.2) is 42.5 Å². The van der Waals surface area contributed by atoms with E-state index in [0.29, 0.717) is 5.56 Å². The first-order valence-electron chi connectivity index (χ1n) is 8.25. The van der Waals surface area contributed by atoms with Crippen molar-refractivity contribution in [3.63, 3.8) is 0 Å². The molecule has 0 aliphatic rings. The summed E-state index contributed by atoms with van der Waals surface area (Å²) in [5.74, 6) is -0.921. The number of hydrogen-bond acceptors (Lipinski definition) is 4. The number of urea groups is 1. The Morgan fingerprint density at radius 3 is 2.32 bits per heavy atom. The molecular formula is C19H19F3N2O4. The van der Waals surface area contributed by atoms with Gasteiger partial charge in [0.15, 0.2) is 6.61 Å². The molecule has 28 heavy (non-hydrogen) atoms. The second-order valence-electron chi connectivity index (χ2n) is 6.03. The molecule has 0 bridgehead atoms. The van der Waals surface area contributed by atoms with E-state index in [-0.39, 0.29) is 18.9 Å². The van der Waals surface area contributed by atoms with E-state index in [1.807, 2.05) is 5.32 Å². The highest BCUT2D eigenvalue weighted by atomic mass is 19.4. The molecule has 0 aliphatic carbocycles. The summed E-state index contributed by atoms with van der Waals surface area (Å²) in [6.45, 7) is 0.925. The van der Waals surface area contributed by atoms with Crippen LogP contribution in [0.3, 0.4) is 0 Å². The lowest BCUT2D eigenvalue weighted by Gasteiger charge is -2.12. The van der Waals surface area contributed by atoms with Gasteiger partial charge in [0, 0.05) is 6.54 Å². The molecule has 6 nitrogen and oxygen atoms in total. The highest BCUT2D eigenvalue weighted by molar-refractivity contribution is 5.94. The summed E-state index contributed by atoms with van der Waals surface area (Å²) in [7, 11) is 0. The molecule has 2 rings (SSSR count). The van der Waals surface area contributed by atoms with Crippen LogP contribution in [0.4, 0.5) is 18.0 Å². The van der Waals surface area contributed by atoms with Crippen LogP contribution in [0.2, 0.25) is 0 Å². The van der Waals surface area contributed by atoms with Crippen LogP contribution in [0.1, 0.15) is 22.3 Å². The lowest BCUT2D eigenvalue weighted by atomic mass is 10.1. The Morgan fingerprint density at radius 2 is 1.71 bits per heavy atom. The van der Waals surface area contributed by atoms with Crippen LogP contribution in [0, 0.1) is 6.92 Å². The summed E-state index contributed by atoms with van der Waals surface area (Å²) in [6.07, 6.45) is -4.53. The van der Waals surface area contributed by atoms with Crippen LogP contribution in [-0.4, -0.2) is 23.7 Å². The highest BCUT2D eigenvalue weighted by Gasteiger charge is 2.31. The molecule has 0 unspecified atom stereocenters. The van der Waals surface area contributed by atoms with Gasteiger partial charge in [0.1, 0.15) is 5.75 Å². The summed E-state index contributed by atoms with van der Waals surface area (Å²) >= 11 is 0. The van der Waals surface area contributed by atoms with Gasteiger partial charge in [-0.15, -0.1) is 0 Å². The number of amides is 3. The molecule has 0 saturated heterocycles. The summed E-state index contributed by atoms with van der Waals surface area (Å²) in [5, 5.41) is 13.5. The van der Waals surface area contributed by atoms with Crippen molar-refractivity contribution in [3.05, 3.63) is 64.7 Å². The number of ether oxygens (including phenoxy) is 1. The number of imide groups is 1. The smallest absolute Gasteiger partial charge is 0.416 e. The number of alkyl halides is 3. The maximum Gasteiger partial charge on any atom is 0.416 e. The van der Waals surface area contributed by atoms with E-state index in [1.165, 1.54) is 13.0 Å². The van der Waals surface area contributed by atoms with Crippen molar-refractivity contribution < 1.29 is 32.6 Å². The Hall–Kier alpha value is -3.07. The zero-order valence-electron chi connectivity index (χ0n) is 15.0. The topological polar surface area (TPSA) is 87.7 Å². The van der Waals surface area contributed by atoms with Gasteiger partial charge >= 0.3 is 12.2 Å². The molecule has 0 aliphatic heterocycles. The molecule has 9 heteroatoms. The minimum absolute atomic E-state index is 0.0892. The fourth-order valence-electron chi connectivity index (χ4n) is 2.30. The number of rotatable bonds is 6. The predicted octanol–water partition coefficient (Wildman–Crippen LogP) is 2.91. The second kappa shape index (κ2) is 9.23. The van der Waals surface area contributed by atoms with Gasteiger partial charge in [-0.05, 0) is 41.8 Å². The van der Waals surface area contributed by atoms with Crippen molar-refractivity contribution in [2.45, 2.75) is 26.3 Å². The fraction of sp³-hybridized carbons (Fsp3) is 0.263. The van der Waals surface area contributed by atoms with E-state index in [1.54, 1.807) is 24.3 Å². The van der Waals surface area contributed by atoms with Crippen molar-refractivity contribution in [2.75, 3.05) is 6.61 Å². The average Bonchev–Trinajstić information content (AvgIpc) is 2.64. The van der Waals surface area contributed by atoms with Gasteiger partial charge in [-0.1, -0.05) is 24.3 Å². The molecule has 3 amide bonds. The molecule has 0 saturated carbocycles. The zero-order valence-corrected chi connectivity index (χ0v) is 15.0. The van der Waals surface area contributed by atoms with E-state index in [4.69, 9.17) is 9.84 Å². The van der Waals surface area contributed by atoms with E-state index in [9.17, 15) is 22.8 Å². The lowest BCUT2D eigenvalue weighted by molar-refractivity contribution is -0.137. The SMILES string of the molecule is Cc1cc(OCC(=O)NC(=O)NCc2ccc(CO)cc2)cc(C(F)(F)F)c1. The summed E-state index contributed by atoms with van der Waals surface area (Å²) in [4.78, 5) is 23.5. The normalized spacial score (nSPS) is 11.0. The standard InChI is InChI=1S/C19H19F3N2O4/c1-12-6-15(19(20,21)22)8-16(7-12)28-11-17(26)24-18(27)23-9-13-2-4-14(10-25)5-3-13/h2-8,25H,9-11H2,1H3,(H2,23,24,26,27). The minimum Gasteiger partial charge on any atom is -0.484 e. The van der Waals surface area contributed by atoms with Crippen LogP contribution < -0.4 is 15.4 Å². The van der Waals surface area contributed by atoms with Crippen molar-refractivity contribution in [2.24, 2.45) is 0 Å². The Balaban J connectivity index is 1.81. The Kier molecular flexibility index (Phi) is 7.00. The number of aryl methyl sites for hydroxylation is 1. The molecule has 0 atom stereocenters. The number of carbonyl (C=O) groups excluding carboxylic acids is 2. The van der Waals surface area contributed by atoms with E-state index < -0.39 is 30.3 Å². The molecule has 3 N–H and O–H groups in total. The lowest BCUT2D eigenvalue weighted by Crippen LogP contribution is -2.41. The second-order valence-corrected chi connectivity index (χ2v) is 6.03. The number of hydrogen-bond donors (Lipinski definition) is 3. The number of halogens is 3. The van der Waals surface area contributed by atoms with Gasteiger partial charge in [-0.25, -0.2) is 4.79 Å². The third-order valence-corrected chi connectivity index (χ3v) is 3.66. The first-order valence-corrected chi connectivity index (χ1v) is 8.25. The molecule has 0 fully saturated rings. The molecular weight excluding hydrogens is 377 g/mol. The first-order chi connectivity index (χ1) is 13.2. The molecule has 0 spiro atoms. The van der Waals surface area contributed by atoms with Gasteiger partial charge in [-0.2, -0.15) is 13.2 Å². The number of carbonyl (C=O) groups is 2. The Labute approximate surface area is 159 Å². The molecule has 0 heterocycles. The maximum absolute atomic E-state index is 12.8. The van der Waals surface area contributed by atoms with Gasteiger partial charge in [-0.3, -0.25) is 10.1 Å². The Bertz CT molecular complexity index is 836. The van der Waals surface area contributed by atoms with Crippen molar-refractivity contribution in [3.8, 4) is 5.75 Å². The molecule has 150 valence electrons. The van der Waals surface area contributed by atoms with Crippen LogP contribution >= 0.6 is 0 Å². The van der Waals surface area contributed by atoms with Gasteiger partial charge in [0.05, 0.1) is 12.2 Å². The van der Waals surface area contributed by atoms with E-state index >= 15 is 0 Å². The number of nitrogens with one attached hydrogen (secondary N) is 2. The third kappa shape index (κ3) is 6.58. The summed E-state index contributed by atoms with van der Waals surface area (Å²) in [5.41, 5.74) is 0.934. The number of aliphatic hydroxyl groups is 1. The maximum atomic E-state index is 12.8. The molecule has 0 radical (unpaired) electrons. The Morgan fingerprint density at radius 1 is 1.07 bits per heavy atom. The first kappa shape index (κ1) is 21.2. The van der Waals surface area contributed by atoms with Crippen molar-refractivity contribution in [1.82, 2.24) is 10.6 Å². The van der Waals surface area contributed by atoms with E-state index in [2.05, 4.69) is 5.32 Å². The predicted molar refractivity (Wildman–Crippen MR) is 94.4 cm³/mol. The molecule has 0 aromatic heterocycles. The van der Waals surface area contributed by atoms with Gasteiger partial charge in [0.25, 0.3) is 5.91 Å². The van der Waals surface area contributed by atoms with Crippen LogP contribution in [0.5, 0.6) is 5.75 Å². The number of aliphatic hydroxyl groups excluding tert-OH is 1. The summed E-state index contributed by atoms with van der Waals surface area (Å²) in [6, 6.07) is 9.18. The van der Waals surface area contributed by atoms with Crippen LogP contribution in [-0.2, 0) is 24.1 Å². The van der Waals surface area contributed by atoms with Gasteiger partial charge < -0.3 is 15.2 Å². The van der Waals surface area contributed by atoms with Crippen molar-refractivity contribution >= 4 is 11.9 Å². The van der Waals surface area contributed by atoms with E-state index in [0.717, 1.165) is 23.3 Å². The zero-order chi connectivity index (χ0) is 20.7. The minimum atomic E-state index is -4.53.